The van der Waals surface area contributed by atoms with Crippen molar-refractivity contribution < 1.29 is 14.3 Å². The molecule has 0 rings (SSSR count). The Labute approximate surface area is 109 Å². The molecule has 0 aromatic heterocycles. The van der Waals surface area contributed by atoms with E-state index >= 15 is 0 Å². The summed E-state index contributed by atoms with van der Waals surface area (Å²) in [6.45, 7) is 9.09. The molecule has 0 saturated heterocycles. The molecule has 104 valence electrons. The fourth-order valence-electron chi connectivity index (χ4n) is 1.41. The van der Waals surface area contributed by atoms with Crippen molar-refractivity contribution in [2.75, 3.05) is 19.8 Å². The first-order valence-electron chi connectivity index (χ1n) is 6.40. The number of nitrogens with zero attached hydrogens (tertiary/aromatic N) is 1. The molecule has 1 N–H and O–H groups in total. The zero-order valence-corrected chi connectivity index (χ0v) is 11.7. The number of nitrogens with one attached hydrogen (secondary N) is 1. The molecule has 18 heavy (non-hydrogen) atoms. The van der Waals surface area contributed by atoms with Crippen molar-refractivity contribution in [1.29, 1.82) is 5.26 Å². The van der Waals surface area contributed by atoms with Crippen molar-refractivity contribution >= 4 is 5.91 Å². The van der Waals surface area contributed by atoms with Crippen LogP contribution in [0.25, 0.3) is 0 Å². The Bertz CT molecular complexity index is 274. The molecule has 2 unspecified atom stereocenters. The number of rotatable bonds is 9. The Kier molecular flexibility index (Phi) is 9.25. The summed E-state index contributed by atoms with van der Waals surface area (Å²) in [6, 6.07) is 1.63. The lowest BCUT2D eigenvalue weighted by atomic mass is 10.0. The highest BCUT2D eigenvalue weighted by atomic mass is 16.5. The van der Waals surface area contributed by atoms with Gasteiger partial charge in [-0.2, -0.15) is 5.26 Å². The summed E-state index contributed by atoms with van der Waals surface area (Å²) < 4.78 is 10.4. The summed E-state index contributed by atoms with van der Waals surface area (Å²) in [5, 5.41) is 11.6. The zero-order chi connectivity index (χ0) is 14.0. The van der Waals surface area contributed by atoms with Crippen LogP contribution in [0.4, 0.5) is 0 Å². The van der Waals surface area contributed by atoms with Crippen LogP contribution >= 0.6 is 0 Å². The highest BCUT2D eigenvalue weighted by molar-refractivity contribution is 5.80. The molecule has 5 nitrogen and oxygen atoms in total. The monoisotopic (exact) mass is 256 g/mol. The molecule has 1 amide bonds. The fourth-order valence-corrected chi connectivity index (χ4v) is 1.41. The van der Waals surface area contributed by atoms with Crippen molar-refractivity contribution in [3.05, 3.63) is 0 Å². The topological polar surface area (TPSA) is 71.3 Å². The quantitative estimate of drug-likeness (QED) is 0.634. The van der Waals surface area contributed by atoms with Crippen LogP contribution in [-0.2, 0) is 14.3 Å². The first kappa shape index (κ1) is 16.9. The zero-order valence-electron chi connectivity index (χ0n) is 11.7. The van der Waals surface area contributed by atoms with Gasteiger partial charge in [0.05, 0.1) is 19.3 Å². The molecular formula is C13H24N2O3. The predicted octanol–water partition coefficient (Wildman–Crippen LogP) is 1.48. The van der Waals surface area contributed by atoms with Gasteiger partial charge in [-0.3, -0.25) is 4.79 Å². The van der Waals surface area contributed by atoms with Crippen molar-refractivity contribution in [3.8, 4) is 6.07 Å². The lowest BCUT2D eigenvalue weighted by Crippen LogP contribution is -2.41. The van der Waals surface area contributed by atoms with Gasteiger partial charge in [-0.1, -0.05) is 13.8 Å². The van der Waals surface area contributed by atoms with Crippen molar-refractivity contribution in [2.24, 2.45) is 5.92 Å². The van der Waals surface area contributed by atoms with Crippen molar-refractivity contribution in [1.82, 2.24) is 5.32 Å². The maximum Gasteiger partial charge on any atom is 0.249 e. The standard InChI is InChI=1S/C13H24N2O3/c1-5-17-6-7-18-11(4)13(16)15-12(9-14)8-10(2)3/h10-12H,5-8H2,1-4H3,(H,15,16). The molecule has 0 heterocycles. The number of hydrogen-bond donors (Lipinski definition) is 1. The molecule has 0 aromatic carbocycles. The minimum atomic E-state index is -0.562. The van der Waals surface area contributed by atoms with Gasteiger partial charge in [-0.05, 0) is 26.2 Å². The van der Waals surface area contributed by atoms with E-state index in [1.165, 1.54) is 0 Å². The smallest absolute Gasteiger partial charge is 0.249 e. The van der Waals surface area contributed by atoms with Gasteiger partial charge in [0.25, 0.3) is 0 Å². The molecule has 0 aliphatic heterocycles. The summed E-state index contributed by atoms with van der Waals surface area (Å²) in [7, 11) is 0. The summed E-state index contributed by atoms with van der Waals surface area (Å²) in [5.41, 5.74) is 0. The number of carbonyl (C=O) groups is 1. The second kappa shape index (κ2) is 9.86. The first-order chi connectivity index (χ1) is 8.51. The van der Waals surface area contributed by atoms with Gasteiger partial charge in [0.1, 0.15) is 12.1 Å². The van der Waals surface area contributed by atoms with Gasteiger partial charge < -0.3 is 14.8 Å². The highest BCUT2D eigenvalue weighted by Gasteiger charge is 2.18. The predicted molar refractivity (Wildman–Crippen MR) is 68.9 cm³/mol. The third-order valence-corrected chi connectivity index (χ3v) is 2.35. The van der Waals surface area contributed by atoms with Crippen molar-refractivity contribution in [2.45, 2.75) is 46.3 Å². The fraction of sp³-hybridized carbons (Fsp3) is 0.846. The largest absolute Gasteiger partial charge is 0.379 e. The molecule has 0 aromatic rings. The minimum absolute atomic E-state index is 0.251. The number of hydrogen-bond acceptors (Lipinski definition) is 4. The Hall–Kier alpha value is -1.12. The lowest BCUT2D eigenvalue weighted by molar-refractivity contribution is -0.133. The van der Waals surface area contributed by atoms with Crippen LogP contribution in [0.1, 0.15) is 34.1 Å². The summed E-state index contributed by atoms with van der Waals surface area (Å²) in [4.78, 5) is 11.7. The molecule has 0 aliphatic rings. The van der Waals surface area contributed by atoms with E-state index in [1.54, 1.807) is 6.92 Å². The first-order valence-corrected chi connectivity index (χ1v) is 6.40. The molecule has 0 aliphatic carbocycles. The van der Waals surface area contributed by atoms with Gasteiger partial charge in [0.2, 0.25) is 5.91 Å². The molecule has 0 saturated carbocycles. The van der Waals surface area contributed by atoms with Gasteiger partial charge in [-0.15, -0.1) is 0 Å². The van der Waals surface area contributed by atoms with E-state index in [0.29, 0.717) is 32.2 Å². The van der Waals surface area contributed by atoms with Crippen LogP contribution < -0.4 is 5.32 Å². The number of ether oxygens (including phenoxy) is 2. The molecular weight excluding hydrogens is 232 g/mol. The SMILES string of the molecule is CCOCCOC(C)C(=O)NC(C#N)CC(C)C. The van der Waals surface area contributed by atoms with Crippen LogP contribution in [0, 0.1) is 17.2 Å². The Morgan fingerprint density at radius 3 is 2.50 bits per heavy atom. The van der Waals surface area contributed by atoms with Crippen LogP contribution in [0.3, 0.4) is 0 Å². The molecule has 0 radical (unpaired) electrons. The van der Waals surface area contributed by atoms with E-state index in [0.717, 1.165) is 0 Å². The number of nitriles is 1. The van der Waals surface area contributed by atoms with Crippen LogP contribution in [-0.4, -0.2) is 37.9 Å². The number of carbonyl (C=O) groups excluding carboxylic acids is 1. The maximum absolute atomic E-state index is 11.7. The summed E-state index contributed by atoms with van der Waals surface area (Å²) in [6.07, 6.45) is 0.0851. The van der Waals surface area contributed by atoms with Gasteiger partial charge >= 0.3 is 0 Å². The summed E-state index contributed by atoms with van der Waals surface area (Å²) in [5.74, 6) is 0.114. The third-order valence-electron chi connectivity index (χ3n) is 2.35. The molecule has 0 spiro atoms. The molecule has 0 bridgehead atoms. The Balaban J connectivity index is 3.94. The third kappa shape index (κ3) is 8.04. The van der Waals surface area contributed by atoms with E-state index in [4.69, 9.17) is 14.7 Å². The second-order valence-corrected chi connectivity index (χ2v) is 4.53. The number of amides is 1. The van der Waals surface area contributed by atoms with Crippen LogP contribution in [0.15, 0.2) is 0 Å². The van der Waals surface area contributed by atoms with E-state index < -0.39 is 12.1 Å². The average molecular weight is 256 g/mol. The van der Waals surface area contributed by atoms with Gasteiger partial charge in [-0.25, -0.2) is 0 Å². The summed E-state index contributed by atoms with van der Waals surface area (Å²) >= 11 is 0. The Morgan fingerprint density at radius 2 is 2.00 bits per heavy atom. The van der Waals surface area contributed by atoms with Gasteiger partial charge in [0, 0.05) is 6.61 Å². The van der Waals surface area contributed by atoms with Crippen LogP contribution in [0.2, 0.25) is 0 Å². The van der Waals surface area contributed by atoms with Crippen molar-refractivity contribution in [3.63, 3.8) is 0 Å². The maximum atomic E-state index is 11.7. The van der Waals surface area contributed by atoms with Gasteiger partial charge in [0.15, 0.2) is 0 Å². The van der Waals surface area contributed by atoms with E-state index in [-0.39, 0.29) is 5.91 Å². The van der Waals surface area contributed by atoms with E-state index in [1.807, 2.05) is 20.8 Å². The second-order valence-electron chi connectivity index (χ2n) is 4.53. The minimum Gasteiger partial charge on any atom is -0.379 e. The normalized spacial score (nSPS) is 14.0. The van der Waals surface area contributed by atoms with E-state index in [9.17, 15) is 4.79 Å². The lowest BCUT2D eigenvalue weighted by Gasteiger charge is -2.17. The highest BCUT2D eigenvalue weighted by Crippen LogP contribution is 2.04. The van der Waals surface area contributed by atoms with E-state index in [2.05, 4.69) is 11.4 Å². The van der Waals surface area contributed by atoms with Crippen LogP contribution in [0.5, 0.6) is 0 Å². The molecule has 2 atom stereocenters. The molecule has 5 heteroatoms. The molecule has 0 fully saturated rings. The Morgan fingerprint density at radius 1 is 1.33 bits per heavy atom. The average Bonchev–Trinajstić information content (AvgIpc) is 2.32.